The van der Waals surface area contributed by atoms with Gasteiger partial charge in [0.1, 0.15) is 5.75 Å². The fourth-order valence-corrected chi connectivity index (χ4v) is 1.77. The molecule has 0 bridgehead atoms. The summed E-state index contributed by atoms with van der Waals surface area (Å²) in [6, 6.07) is 5.85. The van der Waals surface area contributed by atoms with Crippen molar-refractivity contribution < 1.29 is 9.84 Å². The van der Waals surface area contributed by atoms with Gasteiger partial charge in [0.15, 0.2) is 0 Å². The van der Waals surface area contributed by atoms with Crippen molar-refractivity contribution >= 4 is 15.9 Å². The van der Waals surface area contributed by atoms with E-state index in [2.05, 4.69) is 15.9 Å². The van der Waals surface area contributed by atoms with Gasteiger partial charge in [0.25, 0.3) is 0 Å². The second kappa shape index (κ2) is 5.25. The fraction of sp³-hybridized carbons (Fsp3) is 0.400. The smallest absolute Gasteiger partial charge is 0.123 e. The maximum Gasteiger partial charge on any atom is 0.123 e. The predicted octanol–water partition coefficient (Wildman–Crippen LogP) is 2.38. The monoisotopic (exact) mass is 244 g/mol. The van der Waals surface area contributed by atoms with Crippen LogP contribution < -0.4 is 4.74 Å². The van der Waals surface area contributed by atoms with Gasteiger partial charge in [-0.05, 0) is 25.0 Å². The van der Waals surface area contributed by atoms with Crippen LogP contribution in [0, 0.1) is 0 Å². The lowest BCUT2D eigenvalue weighted by molar-refractivity contribution is 0.287. The highest BCUT2D eigenvalue weighted by Crippen LogP contribution is 2.27. The van der Waals surface area contributed by atoms with E-state index in [0.29, 0.717) is 0 Å². The van der Waals surface area contributed by atoms with Crippen molar-refractivity contribution in [1.29, 1.82) is 0 Å². The molecule has 0 unspecified atom stereocenters. The molecule has 1 rings (SSSR count). The summed E-state index contributed by atoms with van der Waals surface area (Å²) in [6.07, 6.45) is 1.60. The highest BCUT2D eigenvalue weighted by atomic mass is 79.9. The van der Waals surface area contributed by atoms with E-state index >= 15 is 0 Å². The van der Waals surface area contributed by atoms with E-state index in [-0.39, 0.29) is 6.61 Å². The predicted molar refractivity (Wildman–Crippen MR) is 56.1 cm³/mol. The maximum atomic E-state index is 8.73. The van der Waals surface area contributed by atoms with Gasteiger partial charge >= 0.3 is 0 Å². The Labute approximate surface area is 86.7 Å². The third-order valence-electron chi connectivity index (χ3n) is 1.88. The number of hydrogen-bond acceptors (Lipinski definition) is 2. The van der Waals surface area contributed by atoms with E-state index in [1.165, 1.54) is 0 Å². The number of ether oxygens (including phenoxy) is 1. The van der Waals surface area contributed by atoms with Gasteiger partial charge in [-0.3, -0.25) is 0 Å². The van der Waals surface area contributed by atoms with Crippen LogP contribution in [0.4, 0.5) is 0 Å². The summed E-state index contributed by atoms with van der Waals surface area (Å²) in [5, 5.41) is 8.73. The molecule has 3 heteroatoms. The Hall–Kier alpha value is -0.540. The number of hydrogen-bond donors (Lipinski definition) is 1. The van der Waals surface area contributed by atoms with Crippen LogP contribution in [0.2, 0.25) is 0 Å². The molecule has 0 saturated carbocycles. The van der Waals surface area contributed by atoms with Gasteiger partial charge < -0.3 is 9.84 Å². The Bertz CT molecular complexity index is 274. The molecule has 13 heavy (non-hydrogen) atoms. The minimum Gasteiger partial charge on any atom is -0.496 e. The molecule has 0 atom stereocenters. The largest absolute Gasteiger partial charge is 0.496 e. The van der Waals surface area contributed by atoms with Crippen LogP contribution >= 0.6 is 15.9 Å². The van der Waals surface area contributed by atoms with Crippen LogP contribution in [0.3, 0.4) is 0 Å². The first-order chi connectivity index (χ1) is 6.29. The van der Waals surface area contributed by atoms with E-state index in [4.69, 9.17) is 9.84 Å². The molecule has 72 valence electrons. The highest BCUT2D eigenvalue weighted by Gasteiger charge is 2.05. The summed E-state index contributed by atoms with van der Waals surface area (Å²) < 4.78 is 6.25. The lowest BCUT2D eigenvalue weighted by Gasteiger charge is -2.09. The van der Waals surface area contributed by atoms with E-state index in [1.54, 1.807) is 7.11 Å². The van der Waals surface area contributed by atoms with Crippen LogP contribution in [0.25, 0.3) is 0 Å². The van der Waals surface area contributed by atoms with Crippen molar-refractivity contribution in [3.8, 4) is 5.75 Å². The molecular formula is C10H13BrO2. The molecule has 0 saturated heterocycles. The number of rotatable bonds is 4. The first-order valence-corrected chi connectivity index (χ1v) is 5.01. The average molecular weight is 245 g/mol. The Balaban J connectivity index is 2.87. The van der Waals surface area contributed by atoms with E-state index < -0.39 is 0 Å². The molecule has 0 fully saturated rings. The van der Waals surface area contributed by atoms with Gasteiger partial charge in [-0.2, -0.15) is 0 Å². The van der Waals surface area contributed by atoms with Crippen LogP contribution in [0.5, 0.6) is 5.75 Å². The third kappa shape index (κ3) is 2.71. The van der Waals surface area contributed by atoms with E-state index in [9.17, 15) is 0 Å². The number of methoxy groups -OCH3 is 1. The molecule has 0 amide bonds. The SMILES string of the molecule is COc1cccc(Br)c1CCCO. The lowest BCUT2D eigenvalue weighted by Crippen LogP contribution is -1.95. The van der Waals surface area contributed by atoms with E-state index in [0.717, 1.165) is 28.6 Å². The summed E-state index contributed by atoms with van der Waals surface area (Å²) in [5.74, 6) is 0.878. The van der Waals surface area contributed by atoms with Gasteiger partial charge in [0, 0.05) is 16.6 Å². The first-order valence-electron chi connectivity index (χ1n) is 4.22. The molecular weight excluding hydrogens is 232 g/mol. The molecule has 1 aromatic rings. The van der Waals surface area contributed by atoms with Gasteiger partial charge in [-0.1, -0.05) is 22.0 Å². The van der Waals surface area contributed by atoms with Gasteiger partial charge in [-0.25, -0.2) is 0 Å². The summed E-state index contributed by atoms with van der Waals surface area (Å²) in [6.45, 7) is 0.213. The summed E-state index contributed by atoms with van der Waals surface area (Å²) in [5.41, 5.74) is 1.12. The Kier molecular flexibility index (Phi) is 4.25. The quantitative estimate of drug-likeness (QED) is 0.882. The molecule has 0 radical (unpaired) electrons. The van der Waals surface area contributed by atoms with Crippen molar-refractivity contribution in [2.24, 2.45) is 0 Å². The van der Waals surface area contributed by atoms with Crippen molar-refractivity contribution in [1.82, 2.24) is 0 Å². The molecule has 1 N–H and O–H groups in total. The Morgan fingerprint density at radius 2 is 2.23 bits per heavy atom. The minimum absolute atomic E-state index is 0.213. The molecule has 0 heterocycles. The average Bonchev–Trinajstić information content (AvgIpc) is 2.15. The zero-order valence-corrected chi connectivity index (χ0v) is 9.17. The zero-order valence-electron chi connectivity index (χ0n) is 7.59. The van der Waals surface area contributed by atoms with Gasteiger partial charge in [-0.15, -0.1) is 0 Å². The molecule has 0 aliphatic rings. The first kappa shape index (κ1) is 10.5. The standard InChI is InChI=1S/C10H13BrO2/c1-13-10-6-2-5-9(11)8(10)4-3-7-12/h2,5-6,12H,3-4,7H2,1H3. The molecule has 0 spiro atoms. The normalized spacial score (nSPS) is 10.1. The second-order valence-corrected chi connectivity index (χ2v) is 3.60. The van der Waals surface area contributed by atoms with Crippen LogP contribution in [-0.4, -0.2) is 18.8 Å². The van der Waals surface area contributed by atoms with Crippen molar-refractivity contribution in [3.63, 3.8) is 0 Å². The van der Waals surface area contributed by atoms with Crippen molar-refractivity contribution in [3.05, 3.63) is 28.2 Å². The molecule has 0 aliphatic carbocycles. The van der Waals surface area contributed by atoms with Gasteiger partial charge in [0.2, 0.25) is 0 Å². The number of halogens is 1. The molecule has 0 aromatic heterocycles. The van der Waals surface area contributed by atoms with E-state index in [1.807, 2.05) is 18.2 Å². The molecule has 0 aliphatic heterocycles. The molecule has 1 aromatic carbocycles. The molecule has 2 nitrogen and oxygen atoms in total. The zero-order chi connectivity index (χ0) is 9.68. The minimum atomic E-state index is 0.213. The Morgan fingerprint density at radius 1 is 1.46 bits per heavy atom. The fourth-order valence-electron chi connectivity index (χ4n) is 1.23. The maximum absolute atomic E-state index is 8.73. The lowest BCUT2D eigenvalue weighted by atomic mass is 10.1. The van der Waals surface area contributed by atoms with Crippen LogP contribution in [0.1, 0.15) is 12.0 Å². The van der Waals surface area contributed by atoms with Crippen LogP contribution in [-0.2, 0) is 6.42 Å². The summed E-state index contributed by atoms with van der Waals surface area (Å²) in [4.78, 5) is 0. The topological polar surface area (TPSA) is 29.5 Å². The third-order valence-corrected chi connectivity index (χ3v) is 2.62. The number of aliphatic hydroxyl groups excluding tert-OH is 1. The number of aliphatic hydroxyl groups is 1. The number of benzene rings is 1. The van der Waals surface area contributed by atoms with Crippen molar-refractivity contribution in [2.75, 3.05) is 13.7 Å². The van der Waals surface area contributed by atoms with Gasteiger partial charge in [0.05, 0.1) is 7.11 Å². The Morgan fingerprint density at radius 3 is 2.85 bits per heavy atom. The second-order valence-electron chi connectivity index (χ2n) is 2.75. The highest BCUT2D eigenvalue weighted by molar-refractivity contribution is 9.10. The van der Waals surface area contributed by atoms with Crippen LogP contribution in [0.15, 0.2) is 22.7 Å². The summed E-state index contributed by atoms with van der Waals surface area (Å²) in [7, 11) is 1.66. The summed E-state index contributed by atoms with van der Waals surface area (Å²) >= 11 is 3.46. The van der Waals surface area contributed by atoms with Crippen molar-refractivity contribution in [2.45, 2.75) is 12.8 Å².